The van der Waals surface area contributed by atoms with Crippen LogP contribution in [-0.4, -0.2) is 77.0 Å². The summed E-state index contributed by atoms with van der Waals surface area (Å²) in [5.74, 6) is 0.202. The smallest absolute Gasteiger partial charge is 0.228 e. The molecule has 0 spiro atoms. The summed E-state index contributed by atoms with van der Waals surface area (Å²) in [7, 11) is 1.71. The van der Waals surface area contributed by atoms with E-state index in [-0.39, 0.29) is 16.7 Å². The summed E-state index contributed by atoms with van der Waals surface area (Å²) in [6.07, 6.45) is 8.08. The van der Waals surface area contributed by atoms with Gasteiger partial charge in [-0.1, -0.05) is 19.3 Å². The van der Waals surface area contributed by atoms with Crippen LogP contribution < -0.4 is 10.6 Å². The van der Waals surface area contributed by atoms with E-state index in [0.717, 1.165) is 65.3 Å². The number of nitrogens with zero attached hydrogens (tertiary/aromatic N) is 1. The number of hydrogen-bond acceptors (Lipinski definition) is 5. The van der Waals surface area contributed by atoms with Gasteiger partial charge in [0, 0.05) is 38.7 Å². The minimum atomic E-state index is -0.352. The number of morpholine rings is 1. The number of nitrogens with one attached hydrogen (secondary N) is 2. The topological polar surface area (TPSA) is 62.8 Å². The Morgan fingerprint density at radius 1 is 1.12 bits per heavy atom. The summed E-state index contributed by atoms with van der Waals surface area (Å²) in [4.78, 5) is 15.7. The molecule has 0 radical (unpaired) electrons. The number of carbonyl (C=O) groups is 1. The van der Waals surface area contributed by atoms with Gasteiger partial charge >= 0.3 is 0 Å². The first kappa shape index (κ1) is 20.1. The highest BCUT2D eigenvalue weighted by Crippen LogP contribution is 2.37. The van der Waals surface area contributed by atoms with Gasteiger partial charge in [-0.2, -0.15) is 0 Å². The Morgan fingerprint density at radius 3 is 2.46 bits per heavy atom. The van der Waals surface area contributed by atoms with Gasteiger partial charge in [0.05, 0.1) is 25.2 Å². The number of ether oxygens (including phenoxy) is 2. The molecule has 26 heavy (non-hydrogen) atoms. The molecule has 150 valence electrons. The monoisotopic (exact) mass is 367 g/mol. The number of hydrogen-bond donors (Lipinski definition) is 2. The number of rotatable bonds is 7. The first-order valence-electron chi connectivity index (χ1n) is 10.5. The molecule has 3 fully saturated rings. The lowest BCUT2D eigenvalue weighted by atomic mass is 9.72. The fraction of sp³-hybridized carbons (Fsp3) is 0.950. The molecule has 3 rings (SSSR count). The minimum absolute atomic E-state index is 0.202. The average Bonchev–Trinajstić information content (AvgIpc) is 2.69. The van der Waals surface area contributed by atoms with Crippen LogP contribution in [0, 0.1) is 10.8 Å². The summed E-state index contributed by atoms with van der Waals surface area (Å²) < 4.78 is 10.9. The zero-order valence-electron chi connectivity index (χ0n) is 16.5. The van der Waals surface area contributed by atoms with Crippen molar-refractivity contribution < 1.29 is 14.3 Å². The minimum Gasteiger partial charge on any atom is -0.384 e. The maximum absolute atomic E-state index is 13.1. The highest BCUT2D eigenvalue weighted by molar-refractivity contribution is 5.83. The van der Waals surface area contributed by atoms with Gasteiger partial charge < -0.3 is 20.1 Å². The number of carbonyl (C=O) groups excluding carboxylic acids is 1. The van der Waals surface area contributed by atoms with Gasteiger partial charge in [-0.3, -0.25) is 9.69 Å². The van der Waals surface area contributed by atoms with Gasteiger partial charge in [0.2, 0.25) is 5.91 Å². The van der Waals surface area contributed by atoms with Crippen molar-refractivity contribution in [2.45, 2.75) is 44.9 Å². The molecule has 0 aromatic carbocycles. The van der Waals surface area contributed by atoms with Gasteiger partial charge in [0.1, 0.15) is 0 Å². The molecule has 1 amide bonds. The lowest BCUT2D eigenvalue weighted by Gasteiger charge is -2.43. The van der Waals surface area contributed by atoms with Crippen molar-refractivity contribution in [1.82, 2.24) is 15.5 Å². The first-order valence-corrected chi connectivity index (χ1v) is 10.5. The summed E-state index contributed by atoms with van der Waals surface area (Å²) in [5.41, 5.74) is -0.124. The van der Waals surface area contributed by atoms with E-state index in [1.165, 1.54) is 32.1 Å². The summed E-state index contributed by atoms with van der Waals surface area (Å²) >= 11 is 0. The van der Waals surface area contributed by atoms with Crippen LogP contribution >= 0.6 is 0 Å². The van der Waals surface area contributed by atoms with Crippen molar-refractivity contribution in [2.24, 2.45) is 10.8 Å². The van der Waals surface area contributed by atoms with Crippen LogP contribution in [0.25, 0.3) is 0 Å². The quantitative estimate of drug-likeness (QED) is 0.712. The van der Waals surface area contributed by atoms with Gasteiger partial charge in [0.25, 0.3) is 0 Å². The molecule has 2 saturated heterocycles. The van der Waals surface area contributed by atoms with Crippen molar-refractivity contribution in [1.29, 1.82) is 0 Å². The summed E-state index contributed by atoms with van der Waals surface area (Å²) in [5, 5.41) is 6.74. The van der Waals surface area contributed by atoms with E-state index in [1.54, 1.807) is 7.11 Å². The molecule has 6 heteroatoms. The predicted octanol–water partition coefficient (Wildman–Crippen LogP) is 1.40. The second-order valence-corrected chi connectivity index (χ2v) is 8.60. The molecule has 0 aromatic rings. The van der Waals surface area contributed by atoms with Crippen LogP contribution in [0.15, 0.2) is 0 Å². The maximum atomic E-state index is 13.1. The van der Waals surface area contributed by atoms with Crippen LogP contribution in [-0.2, 0) is 14.3 Å². The third kappa shape index (κ3) is 4.97. The molecule has 1 saturated carbocycles. The number of piperidine rings is 1. The van der Waals surface area contributed by atoms with E-state index >= 15 is 0 Å². The second-order valence-electron chi connectivity index (χ2n) is 8.60. The van der Waals surface area contributed by atoms with E-state index in [0.29, 0.717) is 6.61 Å². The fourth-order valence-corrected chi connectivity index (χ4v) is 5.00. The molecule has 3 aliphatic rings. The molecule has 2 heterocycles. The summed E-state index contributed by atoms with van der Waals surface area (Å²) in [6.45, 7) is 7.95. The Hall–Kier alpha value is -0.690. The van der Waals surface area contributed by atoms with Crippen molar-refractivity contribution in [3.05, 3.63) is 0 Å². The van der Waals surface area contributed by atoms with Gasteiger partial charge in [-0.05, 0) is 38.8 Å². The molecule has 1 aliphatic carbocycles. The van der Waals surface area contributed by atoms with Crippen molar-refractivity contribution in [3.8, 4) is 0 Å². The number of methoxy groups -OCH3 is 1. The van der Waals surface area contributed by atoms with E-state index in [1.807, 2.05) is 0 Å². The standard InChI is InChI=1S/C20H37N3O3/c1-25-17-20(7-9-21-10-8-20)18(24)22-15-19(5-3-2-4-6-19)16-23-11-13-26-14-12-23/h21H,2-17H2,1H3,(H,22,24). The Labute approximate surface area is 158 Å². The fourth-order valence-electron chi connectivity index (χ4n) is 5.00. The average molecular weight is 368 g/mol. The molecule has 0 atom stereocenters. The van der Waals surface area contributed by atoms with Crippen LogP contribution in [0.2, 0.25) is 0 Å². The maximum Gasteiger partial charge on any atom is 0.228 e. The van der Waals surface area contributed by atoms with E-state index < -0.39 is 0 Å². The molecule has 0 aromatic heterocycles. The van der Waals surface area contributed by atoms with E-state index in [4.69, 9.17) is 9.47 Å². The largest absolute Gasteiger partial charge is 0.384 e. The van der Waals surface area contributed by atoms with E-state index in [2.05, 4.69) is 15.5 Å². The molecule has 6 nitrogen and oxygen atoms in total. The second kappa shape index (κ2) is 9.49. The summed E-state index contributed by atoms with van der Waals surface area (Å²) in [6, 6.07) is 0. The normalized spacial score (nSPS) is 26.3. The Kier molecular flexibility index (Phi) is 7.32. The molecular formula is C20H37N3O3. The van der Waals surface area contributed by atoms with Crippen LogP contribution in [0.1, 0.15) is 44.9 Å². The number of amides is 1. The Morgan fingerprint density at radius 2 is 1.81 bits per heavy atom. The molecule has 0 unspecified atom stereocenters. The lowest BCUT2D eigenvalue weighted by molar-refractivity contribution is -0.137. The zero-order chi connectivity index (χ0) is 18.3. The highest BCUT2D eigenvalue weighted by atomic mass is 16.5. The SMILES string of the molecule is COCC1(C(=O)NCC2(CN3CCOCC3)CCCCC2)CCNCC1. The first-order chi connectivity index (χ1) is 12.7. The van der Waals surface area contributed by atoms with Crippen molar-refractivity contribution in [2.75, 3.05) is 66.2 Å². The van der Waals surface area contributed by atoms with Crippen molar-refractivity contribution >= 4 is 5.91 Å². The van der Waals surface area contributed by atoms with Gasteiger partial charge in [0.15, 0.2) is 0 Å². The van der Waals surface area contributed by atoms with Crippen LogP contribution in [0.4, 0.5) is 0 Å². The molecular weight excluding hydrogens is 330 g/mol. The van der Waals surface area contributed by atoms with E-state index in [9.17, 15) is 4.79 Å². The predicted molar refractivity (Wildman–Crippen MR) is 102 cm³/mol. The highest BCUT2D eigenvalue weighted by Gasteiger charge is 2.41. The zero-order valence-corrected chi connectivity index (χ0v) is 16.5. The Balaban J connectivity index is 1.61. The lowest BCUT2D eigenvalue weighted by Crippen LogP contribution is -2.54. The van der Waals surface area contributed by atoms with Gasteiger partial charge in [-0.15, -0.1) is 0 Å². The third-order valence-electron chi connectivity index (χ3n) is 6.66. The third-order valence-corrected chi connectivity index (χ3v) is 6.66. The van der Waals surface area contributed by atoms with Crippen LogP contribution in [0.5, 0.6) is 0 Å². The van der Waals surface area contributed by atoms with Crippen molar-refractivity contribution in [3.63, 3.8) is 0 Å². The molecule has 2 aliphatic heterocycles. The molecule has 2 N–H and O–H groups in total. The van der Waals surface area contributed by atoms with Crippen LogP contribution in [0.3, 0.4) is 0 Å². The van der Waals surface area contributed by atoms with Gasteiger partial charge in [-0.25, -0.2) is 0 Å². The Bertz CT molecular complexity index is 434. The molecule has 0 bridgehead atoms.